The summed E-state index contributed by atoms with van der Waals surface area (Å²) in [7, 11) is 1.66. The number of nitrogens with zero attached hydrogens (tertiary/aromatic N) is 2. The predicted molar refractivity (Wildman–Crippen MR) is 112 cm³/mol. The highest BCUT2D eigenvalue weighted by Crippen LogP contribution is 2.17. The number of amides is 1. The molecule has 2 aromatic carbocycles. The van der Waals surface area contributed by atoms with E-state index in [0.29, 0.717) is 37.1 Å². The second-order valence-corrected chi connectivity index (χ2v) is 6.29. The standard InChI is InChI=1S/C22H24N4O3/c1-28-15-5-13-23-22-24-14-12-20(26-22)21(27)25-18-8-10-19(11-9-18)29-16-17-6-3-2-4-7-17/h2-4,6-12,14H,5,13,15-16H2,1H3,(H,25,27)(H,23,24,26). The van der Waals surface area contributed by atoms with Crippen molar-refractivity contribution < 1.29 is 14.3 Å². The van der Waals surface area contributed by atoms with Crippen LogP contribution in [-0.2, 0) is 11.3 Å². The second kappa shape index (κ2) is 10.8. The van der Waals surface area contributed by atoms with Crippen molar-refractivity contribution in [2.24, 2.45) is 0 Å². The van der Waals surface area contributed by atoms with E-state index < -0.39 is 0 Å². The molecule has 0 aliphatic heterocycles. The van der Waals surface area contributed by atoms with E-state index in [1.807, 2.05) is 42.5 Å². The molecule has 29 heavy (non-hydrogen) atoms. The Balaban J connectivity index is 1.52. The molecule has 0 saturated heterocycles. The first-order chi connectivity index (χ1) is 14.2. The van der Waals surface area contributed by atoms with Crippen molar-refractivity contribution in [2.75, 3.05) is 30.9 Å². The average Bonchev–Trinajstić information content (AvgIpc) is 2.77. The molecule has 0 bridgehead atoms. The van der Waals surface area contributed by atoms with E-state index in [1.54, 1.807) is 31.5 Å². The first-order valence-corrected chi connectivity index (χ1v) is 9.38. The molecule has 150 valence electrons. The maximum absolute atomic E-state index is 12.5. The molecule has 0 atom stereocenters. The van der Waals surface area contributed by atoms with Gasteiger partial charge in [-0.25, -0.2) is 9.97 Å². The smallest absolute Gasteiger partial charge is 0.274 e. The number of carbonyl (C=O) groups excluding carboxylic acids is 1. The fourth-order valence-electron chi connectivity index (χ4n) is 2.56. The molecule has 3 rings (SSSR count). The van der Waals surface area contributed by atoms with Crippen LogP contribution < -0.4 is 15.4 Å². The van der Waals surface area contributed by atoms with Gasteiger partial charge in [0.1, 0.15) is 18.1 Å². The van der Waals surface area contributed by atoms with Crippen molar-refractivity contribution in [3.8, 4) is 5.75 Å². The minimum atomic E-state index is -0.301. The molecule has 0 saturated carbocycles. The van der Waals surface area contributed by atoms with Gasteiger partial charge in [0.25, 0.3) is 5.91 Å². The van der Waals surface area contributed by atoms with Gasteiger partial charge in [0.2, 0.25) is 5.95 Å². The van der Waals surface area contributed by atoms with E-state index >= 15 is 0 Å². The molecule has 0 unspecified atom stereocenters. The summed E-state index contributed by atoms with van der Waals surface area (Å²) in [5, 5.41) is 5.91. The highest BCUT2D eigenvalue weighted by atomic mass is 16.5. The van der Waals surface area contributed by atoms with Crippen molar-refractivity contribution in [2.45, 2.75) is 13.0 Å². The maximum atomic E-state index is 12.5. The van der Waals surface area contributed by atoms with Gasteiger partial charge in [-0.15, -0.1) is 0 Å². The van der Waals surface area contributed by atoms with Crippen molar-refractivity contribution in [1.29, 1.82) is 0 Å². The summed E-state index contributed by atoms with van der Waals surface area (Å²) in [5.74, 6) is 0.847. The van der Waals surface area contributed by atoms with Crippen LogP contribution in [0, 0.1) is 0 Å². The summed E-state index contributed by atoms with van der Waals surface area (Å²) < 4.78 is 10.8. The second-order valence-electron chi connectivity index (χ2n) is 6.29. The molecular weight excluding hydrogens is 368 g/mol. The number of anilines is 2. The average molecular weight is 392 g/mol. The Morgan fingerprint density at radius 3 is 2.59 bits per heavy atom. The van der Waals surface area contributed by atoms with E-state index in [0.717, 1.165) is 17.7 Å². The molecule has 0 aliphatic rings. The van der Waals surface area contributed by atoms with E-state index in [1.165, 1.54) is 0 Å². The molecule has 1 aromatic heterocycles. The molecule has 0 fully saturated rings. The summed E-state index contributed by atoms with van der Waals surface area (Å²) >= 11 is 0. The normalized spacial score (nSPS) is 10.4. The van der Waals surface area contributed by atoms with E-state index in [-0.39, 0.29) is 5.91 Å². The summed E-state index contributed by atoms with van der Waals surface area (Å²) in [6, 6.07) is 18.8. The number of hydrogen-bond donors (Lipinski definition) is 2. The lowest BCUT2D eigenvalue weighted by atomic mass is 10.2. The minimum Gasteiger partial charge on any atom is -0.489 e. The van der Waals surface area contributed by atoms with Gasteiger partial charge >= 0.3 is 0 Å². The summed E-state index contributed by atoms with van der Waals surface area (Å²) in [6.07, 6.45) is 2.38. The number of methoxy groups -OCH3 is 1. The molecule has 0 aliphatic carbocycles. The zero-order valence-corrected chi connectivity index (χ0v) is 16.3. The summed E-state index contributed by atoms with van der Waals surface area (Å²) in [5.41, 5.74) is 2.05. The Hall–Kier alpha value is -3.45. The molecule has 7 nitrogen and oxygen atoms in total. The van der Waals surface area contributed by atoms with Gasteiger partial charge in [0, 0.05) is 32.1 Å². The van der Waals surface area contributed by atoms with Crippen molar-refractivity contribution in [3.05, 3.63) is 78.1 Å². The lowest BCUT2D eigenvalue weighted by Crippen LogP contribution is -2.16. The summed E-state index contributed by atoms with van der Waals surface area (Å²) in [6.45, 7) is 1.81. The first kappa shape index (κ1) is 20.3. The topological polar surface area (TPSA) is 85.4 Å². The quantitative estimate of drug-likeness (QED) is 0.511. The fourth-order valence-corrected chi connectivity index (χ4v) is 2.56. The van der Waals surface area contributed by atoms with Gasteiger partial charge in [-0.3, -0.25) is 4.79 Å². The van der Waals surface area contributed by atoms with Crippen LogP contribution in [0.4, 0.5) is 11.6 Å². The van der Waals surface area contributed by atoms with Crippen molar-refractivity contribution >= 4 is 17.5 Å². The zero-order chi connectivity index (χ0) is 20.3. The Bertz CT molecular complexity index is 901. The van der Waals surface area contributed by atoms with Crippen LogP contribution in [0.3, 0.4) is 0 Å². The Kier molecular flexibility index (Phi) is 7.54. The van der Waals surface area contributed by atoms with Crippen LogP contribution in [0.5, 0.6) is 5.75 Å². The fraction of sp³-hybridized carbons (Fsp3) is 0.227. The third-order valence-corrected chi connectivity index (χ3v) is 4.06. The van der Waals surface area contributed by atoms with Gasteiger partial charge < -0.3 is 20.1 Å². The van der Waals surface area contributed by atoms with Crippen LogP contribution in [-0.4, -0.2) is 36.1 Å². The van der Waals surface area contributed by atoms with Crippen molar-refractivity contribution in [3.63, 3.8) is 0 Å². The monoisotopic (exact) mass is 392 g/mol. The Morgan fingerprint density at radius 2 is 1.83 bits per heavy atom. The van der Waals surface area contributed by atoms with Gasteiger partial charge in [-0.05, 0) is 42.3 Å². The molecular formula is C22H24N4O3. The lowest BCUT2D eigenvalue weighted by Gasteiger charge is -2.09. The molecule has 3 aromatic rings. The van der Waals surface area contributed by atoms with Crippen LogP contribution >= 0.6 is 0 Å². The minimum absolute atomic E-state index is 0.290. The maximum Gasteiger partial charge on any atom is 0.274 e. The number of hydrogen-bond acceptors (Lipinski definition) is 6. The summed E-state index contributed by atoms with van der Waals surface area (Å²) in [4.78, 5) is 20.8. The number of carbonyl (C=O) groups is 1. The molecule has 0 spiro atoms. The number of benzene rings is 2. The van der Waals surface area contributed by atoms with Crippen LogP contribution in [0.2, 0.25) is 0 Å². The van der Waals surface area contributed by atoms with Gasteiger partial charge in [0.15, 0.2) is 0 Å². The van der Waals surface area contributed by atoms with E-state index in [2.05, 4.69) is 20.6 Å². The largest absolute Gasteiger partial charge is 0.489 e. The number of ether oxygens (including phenoxy) is 2. The zero-order valence-electron chi connectivity index (χ0n) is 16.3. The predicted octanol–water partition coefficient (Wildman–Crippen LogP) is 3.76. The van der Waals surface area contributed by atoms with E-state index in [4.69, 9.17) is 9.47 Å². The van der Waals surface area contributed by atoms with Crippen LogP contribution in [0.1, 0.15) is 22.5 Å². The Labute approximate surface area is 170 Å². The van der Waals surface area contributed by atoms with Gasteiger partial charge in [-0.2, -0.15) is 0 Å². The number of rotatable bonds is 10. The number of nitrogens with one attached hydrogen (secondary N) is 2. The molecule has 2 N–H and O–H groups in total. The molecule has 0 radical (unpaired) electrons. The van der Waals surface area contributed by atoms with Crippen LogP contribution in [0.25, 0.3) is 0 Å². The number of aromatic nitrogens is 2. The van der Waals surface area contributed by atoms with Gasteiger partial charge in [0.05, 0.1) is 0 Å². The third kappa shape index (κ3) is 6.58. The third-order valence-electron chi connectivity index (χ3n) is 4.06. The van der Waals surface area contributed by atoms with Crippen molar-refractivity contribution in [1.82, 2.24) is 9.97 Å². The van der Waals surface area contributed by atoms with Crippen LogP contribution in [0.15, 0.2) is 66.9 Å². The van der Waals surface area contributed by atoms with E-state index in [9.17, 15) is 4.79 Å². The Morgan fingerprint density at radius 1 is 1.03 bits per heavy atom. The molecule has 7 heteroatoms. The highest BCUT2D eigenvalue weighted by molar-refractivity contribution is 6.02. The first-order valence-electron chi connectivity index (χ1n) is 9.38. The molecule has 1 amide bonds. The molecule has 1 heterocycles. The lowest BCUT2D eigenvalue weighted by molar-refractivity contribution is 0.102. The SMILES string of the molecule is COCCCNc1nccc(C(=O)Nc2ccc(OCc3ccccc3)cc2)n1. The highest BCUT2D eigenvalue weighted by Gasteiger charge is 2.09. The van der Waals surface area contributed by atoms with Gasteiger partial charge in [-0.1, -0.05) is 30.3 Å².